The molecule has 0 saturated heterocycles. The molecule has 0 unspecified atom stereocenters. The molecule has 0 aromatic carbocycles. The molecule has 0 bridgehead atoms. The van der Waals surface area contributed by atoms with Crippen LogP contribution in [0.1, 0.15) is 20.3 Å². The van der Waals surface area contributed by atoms with Crippen LogP contribution in [0, 0.1) is 0 Å². The lowest BCUT2D eigenvalue weighted by Crippen LogP contribution is -2.41. The first-order valence-corrected chi connectivity index (χ1v) is 6.95. The van der Waals surface area contributed by atoms with Gasteiger partial charge in [0.15, 0.2) is 0 Å². The molecule has 98 valence electrons. The van der Waals surface area contributed by atoms with E-state index in [0.717, 1.165) is 0 Å². The quantitative estimate of drug-likeness (QED) is 0.518. The summed E-state index contributed by atoms with van der Waals surface area (Å²) >= 11 is 0. The van der Waals surface area contributed by atoms with Crippen LogP contribution in [-0.2, 0) is 14.9 Å². The van der Waals surface area contributed by atoms with Gasteiger partial charge in [-0.1, -0.05) is 13.8 Å². The standard InChI is InChI=1S/C9H22N2O4S/c1-3-11(4-2)16(13,14)10-6-5-8-15-9-7-12/h10,12H,3-9H2,1-2H3. The van der Waals surface area contributed by atoms with Crippen molar-refractivity contribution in [1.29, 1.82) is 0 Å². The molecule has 0 amide bonds. The van der Waals surface area contributed by atoms with E-state index in [1.807, 2.05) is 0 Å². The van der Waals surface area contributed by atoms with Crippen molar-refractivity contribution in [2.45, 2.75) is 20.3 Å². The Kier molecular flexibility index (Phi) is 8.77. The average Bonchev–Trinajstić information content (AvgIpc) is 2.24. The summed E-state index contributed by atoms with van der Waals surface area (Å²) in [6.07, 6.45) is 0.598. The van der Waals surface area contributed by atoms with Gasteiger partial charge in [0, 0.05) is 26.2 Å². The molecular weight excluding hydrogens is 232 g/mol. The van der Waals surface area contributed by atoms with Gasteiger partial charge in [0.1, 0.15) is 0 Å². The van der Waals surface area contributed by atoms with Gasteiger partial charge in [-0.25, -0.2) is 4.72 Å². The molecule has 0 fully saturated rings. The molecule has 0 aliphatic rings. The first-order valence-electron chi connectivity index (χ1n) is 5.51. The maximum atomic E-state index is 11.6. The fourth-order valence-corrected chi connectivity index (χ4v) is 2.46. The van der Waals surface area contributed by atoms with Gasteiger partial charge >= 0.3 is 0 Å². The van der Waals surface area contributed by atoms with E-state index in [1.165, 1.54) is 4.31 Å². The van der Waals surface area contributed by atoms with Crippen molar-refractivity contribution in [3.63, 3.8) is 0 Å². The number of ether oxygens (including phenoxy) is 1. The van der Waals surface area contributed by atoms with Crippen LogP contribution in [0.3, 0.4) is 0 Å². The first kappa shape index (κ1) is 15.8. The molecule has 6 nitrogen and oxygen atoms in total. The number of rotatable bonds is 10. The Balaban J connectivity index is 3.74. The van der Waals surface area contributed by atoms with E-state index in [9.17, 15) is 8.42 Å². The molecule has 7 heteroatoms. The molecule has 0 radical (unpaired) electrons. The summed E-state index contributed by atoms with van der Waals surface area (Å²) in [5.74, 6) is 0. The van der Waals surface area contributed by atoms with Gasteiger partial charge < -0.3 is 9.84 Å². The summed E-state index contributed by atoms with van der Waals surface area (Å²) in [6, 6.07) is 0. The highest BCUT2D eigenvalue weighted by Gasteiger charge is 2.16. The zero-order chi connectivity index (χ0) is 12.4. The Morgan fingerprint density at radius 2 is 1.88 bits per heavy atom. The third-order valence-electron chi connectivity index (χ3n) is 2.03. The topological polar surface area (TPSA) is 78.9 Å². The van der Waals surface area contributed by atoms with Gasteiger partial charge in [-0.2, -0.15) is 12.7 Å². The predicted molar refractivity (Wildman–Crippen MR) is 62.4 cm³/mol. The van der Waals surface area contributed by atoms with E-state index >= 15 is 0 Å². The molecule has 0 aromatic rings. The van der Waals surface area contributed by atoms with Crippen LogP contribution < -0.4 is 4.72 Å². The van der Waals surface area contributed by atoms with Gasteiger partial charge in [-0.15, -0.1) is 0 Å². The van der Waals surface area contributed by atoms with Crippen LogP contribution in [0.15, 0.2) is 0 Å². The first-order chi connectivity index (χ1) is 7.58. The van der Waals surface area contributed by atoms with Crippen molar-refractivity contribution in [2.24, 2.45) is 0 Å². The van der Waals surface area contributed by atoms with Crippen LogP contribution in [-0.4, -0.2) is 57.3 Å². The lowest BCUT2D eigenvalue weighted by molar-refractivity contribution is 0.0913. The van der Waals surface area contributed by atoms with E-state index in [0.29, 0.717) is 39.3 Å². The number of aliphatic hydroxyl groups excluding tert-OH is 1. The summed E-state index contributed by atoms with van der Waals surface area (Å²) in [5.41, 5.74) is 0. The summed E-state index contributed by atoms with van der Waals surface area (Å²) in [6.45, 7) is 5.61. The van der Waals surface area contributed by atoms with Gasteiger partial charge in [0.2, 0.25) is 0 Å². The Morgan fingerprint density at radius 1 is 1.25 bits per heavy atom. The summed E-state index contributed by atoms with van der Waals surface area (Å²) in [7, 11) is -3.34. The average molecular weight is 254 g/mol. The molecule has 0 saturated carbocycles. The smallest absolute Gasteiger partial charge is 0.279 e. The minimum absolute atomic E-state index is 0.00876. The maximum Gasteiger partial charge on any atom is 0.279 e. The zero-order valence-electron chi connectivity index (χ0n) is 9.98. The van der Waals surface area contributed by atoms with Gasteiger partial charge in [0.25, 0.3) is 10.2 Å². The lowest BCUT2D eigenvalue weighted by Gasteiger charge is -2.18. The van der Waals surface area contributed by atoms with E-state index in [2.05, 4.69) is 4.72 Å². The molecule has 0 atom stereocenters. The second-order valence-corrected chi connectivity index (χ2v) is 4.93. The molecule has 0 aliphatic carbocycles. The highest BCUT2D eigenvalue weighted by Crippen LogP contribution is 1.96. The number of nitrogens with zero attached hydrogens (tertiary/aromatic N) is 1. The van der Waals surface area contributed by atoms with Crippen molar-refractivity contribution < 1.29 is 18.3 Å². The van der Waals surface area contributed by atoms with Crippen molar-refractivity contribution in [1.82, 2.24) is 9.03 Å². The van der Waals surface area contributed by atoms with Crippen molar-refractivity contribution in [2.75, 3.05) is 39.5 Å². The normalized spacial score (nSPS) is 12.2. The molecule has 0 heterocycles. The Bertz CT molecular complexity index is 252. The minimum atomic E-state index is -3.34. The van der Waals surface area contributed by atoms with Crippen LogP contribution in [0.5, 0.6) is 0 Å². The molecular formula is C9H22N2O4S. The molecule has 0 rings (SSSR count). The van der Waals surface area contributed by atoms with E-state index in [4.69, 9.17) is 9.84 Å². The fraction of sp³-hybridized carbons (Fsp3) is 1.00. The minimum Gasteiger partial charge on any atom is -0.394 e. The number of aliphatic hydroxyl groups is 1. The van der Waals surface area contributed by atoms with Gasteiger partial charge in [-0.05, 0) is 6.42 Å². The second-order valence-electron chi connectivity index (χ2n) is 3.17. The monoisotopic (exact) mass is 254 g/mol. The number of hydrogen-bond acceptors (Lipinski definition) is 4. The number of hydrogen-bond donors (Lipinski definition) is 2. The van der Waals surface area contributed by atoms with Gasteiger partial charge in [-0.3, -0.25) is 0 Å². The Labute approximate surface area is 97.8 Å². The van der Waals surface area contributed by atoms with Crippen LogP contribution in [0.2, 0.25) is 0 Å². The highest BCUT2D eigenvalue weighted by atomic mass is 32.2. The molecule has 2 N–H and O–H groups in total. The maximum absolute atomic E-state index is 11.6. The van der Waals surface area contributed by atoms with Crippen LogP contribution in [0.25, 0.3) is 0 Å². The largest absolute Gasteiger partial charge is 0.394 e. The molecule has 16 heavy (non-hydrogen) atoms. The third-order valence-corrected chi connectivity index (χ3v) is 3.80. The molecule has 0 aromatic heterocycles. The predicted octanol–water partition coefficient (Wildman–Crippen LogP) is -0.438. The summed E-state index contributed by atoms with van der Waals surface area (Å²) < 4.78 is 32.1. The lowest BCUT2D eigenvalue weighted by atomic mass is 10.5. The van der Waals surface area contributed by atoms with Crippen molar-refractivity contribution >= 4 is 10.2 Å². The van der Waals surface area contributed by atoms with E-state index in [-0.39, 0.29) is 6.61 Å². The Morgan fingerprint density at radius 3 is 2.38 bits per heavy atom. The van der Waals surface area contributed by atoms with Gasteiger partial charge in [0.05, 0.1) is 13.2 Å². The van der Waals surface area contributed by atoms with E-state index in [1.54, 1.807) is 13.8 Å². The van der Waals surface area contributed by atoms with Crippen molar-refractivity contribution in [3.8, 4) is 0 Å². The fourth-order valence-electron chi connectivity index (χ4n) is 1.20. The van der Waals surface area contributed by atoms with Crippen LogP contribution in [0.4, 0.5) is 0 Å². The SMILES string of the molecule is CCN(CC)S(=O)(=O)NCCCOCCO. The summed E-state index contributed by atoms with van der Waals surface area (Å²) in [5, 5.41) is 8.45. The highest BCUT2D eigenvalue weighted by molar-refractivity contribution is 7.87. The summed E-state index contributed by atoms with van der Waals surface area (Å²) in [4.78, 5) is 0. The van der Waals surface area contributed by atoms with Crippen molar-refractivity contribution in [3.05, 3.63) is 0 Å². The molecule has 0 spiro atoms. The third kappa shape index (κ3) is 6.39. The Hall–Kier alpha value is -0.210. The molecule has 0 aliphatic heterocycles. The zero-order valence-corrected chi connectivity index (χ0v) is 10.8. The number of nitrogens with one attached hydrogen (secondary N) is 1. The van der Waals surface area contributed by atoms with Crippen LogP contribution >= 0.6 is 0 Å². The van der Waals surface area contributed by atoms with E-state index < -0.39 is 10.2 Å². The second kappa shape index (κ2) is 8.89.